The Kier molecular flexibility index (Phi) is 10.4. The summed E-state index contributed by atoms with van der Waals surface area (Å²) in [6.45, 7) is 7.53. The van der Waals surface area contributed by atoms with Gasteiger partial charge in [0.1, 0.15) is 5.76 Å². The lowest BCUT2D eigenvalue weighted by Crippen LogP contribution is -2.34. The SMILES string of the molecule is CCCCN(CCCC)CCCN1C(=O)C(=O)/C(=C(\O)c2ccc([N+](=O)[O-])cc2)C1c1cccc(Br)c1. The molecular formula is C28H34BrN3O5. The van der Waals surface area contributed by atoms with Crippen LogP contribution in [0.4, 0.5) is 5.69 Å². The maximum atomic E-state index is 13.2. The van der Waals surface area contributed by atoms with Gasteiger partial charge < -0.3 is 14.9 Å². The van der Waals surface area contributed by atoms with Crippen molar-refractivity contribution in [2.24, 2.45) is 0 Å². The highest BCUT2D eigenvalue weighted by molar-refractivity contribution is 9.10. The molecule has 2 aromatic carbocycles. The minimum Gasteiger partial charge on any atom is -0.507 e. The number of nitrogens with zero attached hydrogens (tertiary/aromatic N) is 3. The second kappa shape index (κ2) is 13.5. The molecule has 0 bridgehead atoms. The van der Waals surface area contributed by atoms with Crippen molar-refractivity contribution in [3.8, 4) is 0 Å². The molecule has 1 heterocycles. The van der Waals surface area contributed by atoms with E-state index < -0.39 is 22.7 Å². The number of Topliss-reactive ketones (excluding diaryl/α,β-unsaturated/α-hetero) is 1. The maximum Gasteiger partial charge on any atom is 0.295 e. The number of halogens is 1. The van der Waals surface area contributed by atoms with E-state index in [2.05, 4.69) is 34.7 Å². The third-order valence-corrected chi connectivity index (χ3v) is 7.08. The summed E-state index contributed by atoms with van der Waals surface area (Å²) < 4.78 is 0.788. The fourth-order valence-electron chi connectivity index (χ4n) is 4.59. The lowest BCUT2D eigenvalue weighted by Gasteiger charge is -2.27. The van der Waals surface area contributed by atoms with Crippen LogP contribution in [0.3, 0.4) is 0 Å². The van der Waals surface area contributed by atoms with E-state index in [1.807, 2.05) is 24.3 Å². The van der Waals surface area contributed by atoms with E-state index in [-0.39, 0.29) is 22.6 Å². The molecule has 1 saturated heterocycles. The van der Waals surface area contributed by atoms with Crippen LogP contribution in [-0.4, -0.2) is 57.7 Å². The largest absolute Gasteiger partial charge is 0.507 e. The monoisotopic (exact) mass is 571 g/mol. The molecule has 0 saturated carbocycles. The van der Waals surface area contributed by atoms with Gasteiger partial charge in [0.05, 0.1) is 16.5 Å². The second-order valence-corrected chi connectivity index (χ2v) is 10.2. The van der Waals surface area contributed by atoms with Crippen molar-refractivity contribution >= 4 is 39.1 Å². The van der Waals surface area contributed by atoms with Crippen LogP contribution in [0.25, 0.3) is 5.76 Å². The Morgan fingerprint density at radius 1 is 1.03 bits per heavy atom. The molecule has 2 aromatic rings. The van der Waals surface area contributed by atoms with Crippen LogP contribution in [0.1, 0.15) is 63.1 Å². The Morgan fingerprint density at radius 2 is 1.65 bits per heavy atom. The van der Waals surface area contributed by atoms with Crippen LogP contribution in [0.15, 0.2) is 58.6 Å². The molecule has 9 heteroatoms. The minimum atomic E-state index is -0.757. The van der Waals surface area contributed by atoms with E-state index in [1.54, 1.807) is 4.90 Å². The van der Waals surface area contributed by atoms with Gasteiger partial charge in [-0.25, -0.2) is 0 Å². The molecule has 1 atom stereocenters. The molecule has 0 spiro atoms. The summed E-state index contributed by atoms with van der Waals surface area (Å²) in [7, 11) is 0. The van der Waals surface area contributed by atoms with Crippen molar-refractivity contribution in [2.75, 3.05) is 26.2 Å². The van der Waals surface area contributed by atoms with E-state index in [4.69, 9.17) is 0 Å². The van der Waals surface area contributed by atoms with Crippen molar-refractivity contribution in [3.05, 3.63) is 79.8 Å². The topological polar surface area (TPSA) is 104 Å². The Morgan fingerprint density at radius 3 is 2.22 bits per heavy atom. The number of rotatable bonds is 13. The van der Waals surface area contributed by atoms with Gasteiger partial charge in [-0.1, -0.05) is 54.8 Å². The lowest BCUT2D eigenvalue weighted by atomic mass is 9.95. The molecule has 3 rings (SSSR count). The van der Waals surface area contributed by atoms with Crippen molar-refractivity contribution in [1.29, 1.82) is 0 Å². The number of non-ortho nitro benzene ring substituents is 1. The summed E-state index contributed by atoms with van der Waals surface area (Å²) in [5.74, 6) is -1.75. The summed E-state index contributed by atoms with van der Waals surface area (Å²) in [5.41, 5.74) is 0.807. The molecule has 0 aromatic heterocycles. The average molecular weight is 573 g/mol. The van der Waals surface area contributed by atoms with E-state index in [0.717, 1.165) is 49.8 Å². The zero-order valence-corrected chi connectivity index (χ0v) is 22.9. The summed E-state index contributed by atoms with van der Waals surface area (Å²) >= 11 is 3.47. The van der Waals surface area contributed by atoms with Gasteiger partial charge in [-0.2, -0.15) is 0 Å². The smallest absolute Gasteiger partial charge is 0.295 e. The highest BCUT2D eigenvalue weighted by Crippen LogP contribution is 2.40. The number of ketones is 1. The van der Waals surface area contributed by atoms with Crippen molar-refractivity contribution in [1.82, 2.24) is 9.80 Å². The van der Waals surface area contributed by atoms with Crippen LogP contribution in [-0.2, 0) is 9.59 Å². The summed E-state index contributed by atoms with van der Waals surface area (Å²) in [4.78, 5) is 40.9. The summed E-state index contributed by atoms with van der Waals surface area (Å²) in [6.07, 6.45) is 5.15. The standard InChI is InChI=1S/C28H34BrN3O5/c1-3-5-15-30(16-6-4-2)17-8-18-31-25(21-9-7-10-22(29)19-21)24(27(34)28(31)35)26(33)20-11-13-23(14-12-20)32(36)37/h7,9-14,19,25,33H,3-6,8,15-18H2,1-2H3/b26-24-. The number of benzene rings is 2. The molecule has 37 heavy (non-hydrogen) atoms. The first kappa shape index (κ1) is 28.5. The van der Waals surface area contributed by atoms with Crippen molar-refractivity contribution in [3.63, 3.8) is 0 Å². The van der Waals surface area contributed by atoms with Crippen LogP contribution < -0.4 is 0 Å². The predicted octanol–water partition coefficient (Wildman–Crippen LogP) is 6.07. The van der Waals surface area contributed by atoms with Crippen LogP contribution in [0.2, 0.25) is 0 Å². The van der Waals surface area contributed by atoms with E-state index in [9.17, 15) is 24.8 Å². The Balaban J connectivity index is 1.93. The normalized spacial score (nSPS) is 17.1. The van der Waals surface area contributed by atoms with Crippen LogP contribution >= 0.6 is 15.9 Å². The van der Waals surface area contributed by atoms with E-state index in [0.29, 0.717) is 18.5 Å². The van der Waals surface area contributed by atoms with Gasteiger partial charge in [0, 0.05) is 28.7 Å². The van der Waals surface area contributed by atoms with E-state index in [1.165, 1.54) is 24.3 Å². The van der Waals surface area contributed by atoms with Crippen molar-refractivity contribution < 1.29 is 19.6 Å². The number of nitro benzene ring substituents is 1. The molecule has 1 aliphatic rings. The molecule has 198 valence electrons. The molecule has 0 radical (unpaired) electrons. The van der Waals surface area contributed by atoms with E-state index >= 15 is 0 Å². The molecule has 8 nitrogen and oxygen atoms in total. The first-order chi connectivity index (χ1) is 17.8. The highest BCUT2D eigenvalue weighted by atomic mass is 79.9. The summed E-state index contributed by atoms with van der Waals surface area (Å²) in [6, 6.07) is 11.9. The van der Waals surface area contributed by atoms with Gasteiger partial charge in [-0.3, -0.25) is 19.7 Å². The van der Waals surface area contributed by atoms with Crippen LogP contribution in [0, 0.1) is 10.1 Å². The third-order valence-electron chi connectivity index (χ3n) is 6.59. The molecule has 1 N–H and O–H groups in total. The Hall–Kier alpha value is -3.04. The third kappa shape index (κ3) is 7.05. The highest BCUT2D eigenvalue weighted by Gasteiger charge is 2.45. The maximum absolute atomic E-state index is 13.2. The van der Waals surface area contributed by atoms with Gasteiger partial charge in [-0.15, -0.1) is 0 Å². The first-order valence-electron chi connectivity index (χ1n) is 12.8. The molecule has 1 fully saturated rings. The summed E-state index contributed by atoms with van der Waals surface area (Å²) in [5, 5.41) is 22.2. The number of carbonyl (C=O) groups excluding carboxylic acids is 2. The molecule has 0 aliphatic carbocycles. The molecule has 1 unspecified atom stereocenters. The number of likely N-dealkylation sites (tertiary alicyclic amines) is 1. The lowest BCUT2D eigenvalue weighted by molar-refractivity contribution is -0.384. The van der Waals surface area contributed by atoms with Crippen LogP contribution in [0.5, 0.6) is 0 Å². The van der Waals surface area contributed by atoms with Gasteiger partial charge >= 0.3 is 0 Å². The second-order valence-electron chi connectivity index (χ2n) is 9.25. The van der Waals surface area contributed by atoms with Gasteiger partial charge in [-0.05, 0) is 68.7 Å². The molecule has 1 aliphatic heterocycles. The number of hydrogen-bond acceptors (Lipinski definition) is 6. The minimum absolute atomic E-state index is 0.00854. The fraction of sp³-hybridized carbons (Fsp3) is 0.429. The van der Waals surface area contributed by atoms with Gasteiger partial charge in [0.15, 0.2) is 0 Å². The Bertz CT molecular complexity index is 1140. The number of amides is 1. The first-order valence-corrected chi connectivity index (χ1v) is 13.6. The quantitative estimate of drug-likeness (QED) is 0.103. The Labute approximate surface area is 226 Å². The fourth-order valence-corrected chi connectivity index (χ4v) is 5.01. The van der Waals surface area contributed by atoms with Gasteiger partial charge in [0.2, 0.25) is 0 Å². The predicted molar refractivity (Wildman–Crippen MR) is 147 cm³/mol. The number of hydrogen-bond donors (Lipinski definition) is 1. The number of unbranched alkanes of at least 4 members (excludes halogenated alkanes) is 2. The molecular weight excluding hydrogens is 538 g/mol. The zero-order chi connectivity index (χ0) is 26.9. The number of aliphatic hydroxyl groups is 1. The molecule has 1 amide bonds. The average Bonchev–Trinajstić information content (AvgIpc) is 3.14. The van der Waals surface area contributed by atoms with Crippen molar-refractivity contribution in [2.45, 2.75) is 52.0 Å². The van der Waals surface area contributed by atoms with Gasteiger partial charge in [0.25, 0.3) is 17.4 Å². The number of aliphatic hydroxyl groups excluding tert-OH is 1. The zero-order valence-electron chi connectivity index (χ0n) is 21.4. The number of carbonyl (C=O) groups is 2. The number of nitro groups is 1.